The second kappa shape index (κ2) is 9.48. The molecule has 1 N–H and O–H groups in total. The van der Waals surface area contributed by atoms with Crippen LogP contribution in [0.3, 0.4) is 0 Å². The number of para-hydroxylation sites is 1. The minimum Gasteiger partial charge on any atom is -0.496 e. The number of nitrogens with zero attached hydrogens (tertiary/aromatic N) is 3. The fourth-order valence-electron chi connectivity index (χ4n) is 3.91. The number of alkyl halides is 3. The van der Waals surface area contributed by atoms with Crippen LogP contribution >= 0.6 is 0 Å². The van der Waals surface area contributed by atoms with Crippen LogP contribution in [0.15, 0.2) is 60.7 Å². The number of aromatic nitrogens is 2. The predicted octanol–water partition coefficient (Wildman–Crippen LogP) is 5.03. The summed E-state index contributed by atoms with van der Waals surface area (Å²) in [4.78, 5) is 14.7. The molecular formula is C24H23F3N4O2. The van der Waals surface area contributed by atoms with Gasteiger partial charge in [-0.3, -0.25) is 4.79 Å². The number of ether oxygens (including phenoxy) is 1. The lowest BCUT2D eigenvalue weighted by Crippen LogP contribution is -2.41. The number of nitrogens with one attached hydrogen (secondary N) is 1. The standard InChI is InChI=1S/C24H23F3N4O2/c1-33-21-10-3-2-9-19(21)20-11-12-22(30-29-20)31-13-5-6-16(15-31)23(32)28-18-8-4-7-17(14-18)24(25,26)27/h2-4,7-12,14,16H,5-6,13,15H2,1H3,(H,28,32). The normalized spacial score (nSPS) is 16.4. The average Bonchev–Trinajstić information content (AvgIpc) is 2.84. The first-order valence-corrected chi connectivity index (χ1v) is 10.6. The fourth-order valence-corrected chi connectivity index (χ4v) is 3.91. The van der Waals surface area contributed by atoms with Crippen LogP contribution < -0.4 is 15.0 Å². The third-order valence-corrected chi connectivity index (χ3v) is 5.61. The summed E-state index contributed by atoms with van der Waals surface area (Å²) in [6.45, 7) is 1.13. The van der Waals surface area contributed by atoms with Gasteiger partial charge in [0.1, 0.15) is 5.75 Å². The van der Waals surface area contributed by atoms with E-state index in [4.69, 9.17) is 4.74 Å². The molecule has 0 bridgehead atoms. The number of piperidine rings is 1. The Morgan fingerprint density at radius 2 is 1.91 bits per heavy atom. The Hall–Kier alpha value is -3.62. The Morgan fingerprint density at radius 1 is 1.09 bits per heavy atom. The van der Waals surface area contributed by atoms with Gasteiger partial charge in [0.25, 0.3) is 0 Å². The van der Waals surface area contributed by atoms with Crippen LogP contribution in [-0.2, 0) is 11.0 Å². The van der Waals surface area contributed by atoms with Crippen molar-refractivity contribution in [2.45, 2.75) is 19.0 Å². The third kappa shape index (κ3) is 5.24. The molecule has 9 heteroatoms. The maximum Gasteiger partial charge on any atom is 0.416 e. The molecule has 33 heavy (non-hydrogen) atoms. The number of benzene rings is 2. The maximum atomic E-state index is 12.9. The number of anilines is 2. The molecule has 2 heterocycles. The van der Waals surface area contributed by atoms with Crippen LogP contribution in [0.1, 0.15) is 18.4 Å². The van der Waals surface area contributed by atoms with Gasteiger partial charge in [-0.2, -0.15) is 13.2 Å². The highest BCUT2D eigenvalue weighted by atomic mass is 19.4. The highest BCUT2D eigenvalue weighted by Crippen LogP contribution is 2.32. The molecule has 4 rings (SSSR count). The molecule has 0 aliphatic carbocycles. The summed E-state index contributed by atoms with van der Waals surface area (Å²) in [6, 6.07) is 15.9. The van der Waals surface area contributed by atoms with E-state index in [1.807, 2.05) is 41.3 Å². The van der Waals surface area contributed by atoms with Gasteiger partial charge in [0, 0.05) is 24.3 Å². The molecule has 172 valence electrons. The summed E-state index contributed by atoms with van der Waals surface area (Å²) in [7, 11) is 1.60. The third-order valence-electron chi connectivity index (χ3n) is 5.61. The number of hydrogen-bond acceptors (Lipinski definition) is 5. The molecule has 2 aromatic carbocycles. The Balaban J connectivity index is 1.44. The lowest BCUT2D eigenvalue weighted by molar-refractivity contribution is -0.137. The highest BCUT2D eigenvalue weighted by molar-refractivity contribution is 5.93. The Bertz CT molecular complexity index is 1120. The van der Waals surface area contributed by atoms with Gasteiger partial charge in [-0.1, -0.05) is 18.2 Å². The van der Waals surface area contributed by atoms with Crippen molar-refractivity contribution >= 4 is 17.4 Å². The van der Waals surface area contributed by atoms with Crippen LogP contribution in [0.4, 0.5) is 24.7 Å². The van der Waals surface area contributed by atoms with Gasteiger partial charge in [-0.15, -0.1) is 10.2 Å². The largest absolute Gasteiger partial charge is 0.496 e. The second-order valence-corrected chi connectivity index (χ2v) is 7.83. The maximum absolute atomic E-state index is 12.9. The van der Waals surface area contributed by atoms with Gasteiger partial charge in [0.05, 0.1) is 24.3 Å². The van der Waals surface area contributed by atoms with Crippen LogP contribution in [-0.4, -0.2) is 36.3 Å². The summed E-state index contributed by atoms with van der Waals surface area (Å²) < 4.78 is 44.2. The van der Waals surface area contributed by atoms with Crippen molar-refractivity contribution < 1.29 is 22.7 Å². The number of methoxy groups -OCH3 is 1. The highest BCUT2D eigenvalue weighted by Gasteiger charge is 2.31. The number of carbonyl (C=O) groups is 1. The molecule has 1 aromatic heterocycles. The van der Waals surface area contributed by atoms with Crippen molar-refractivity contribution in [2.75, 3.05) is 30.4 Å². The molecule has 1 fully saturated rings. The van der Waals surface area contributed by atoms with Crippen molar-refractivity contribution in [2.24, 2.45) is 5.92 Å². The van der Waals surface area contributed by atoms with Gasteiger partial charge in [0.2, 0.25) is 5.91 Å². The number of halogens is 3. The van der Waals surface area contributed by atoms with E-state index in [-0.39, 0.29) is 17.5 Å². The van der Waals surface area contributed by atoms with Crippen molar-refractivity contribution in [1.29, 1.82) is 0 Å². The monoisotopic (exact) mass is 456 g/mol. The number of carbonyl (C=O) groups excluding carboxylic acids is 1. The summed E-state index contributed by atoms with van der Waals surface area (Å²) in [5.74, 6) is 0.663. The lowest BCUT2D eigenvalue weighted by atomic mass is 9.97. The molecule has 1 aliphatic rings. The Morgan fingerprint density at radius 3 is 2.64 bits per heavy atom. The van der Waals surface area contributed by atoms with Gasteiger partial charge in [-0.05, 0) is 55.3 Å². The molecule has 0 radical (unpaired) electrons. The van der Waals surface area contributed by atoms with E-state index in [1.54, 1.807) is 7.11 Å². The molecular weight excluding hydrogens is 433 g/mol. The SMILES string of the molecule is COc1ccccc1-c1ccc(N2CCCC(C(=O)Nc3cccc(C(F)(F)F)c3)C2)nn1. The number of hydrogen-bond donors (Lipinski definition) is 1. The molecule has 3 aromatic rings. The summed E-state index contributed by atoms with van der Waals surface area (Å²) >= 11 is 0. The van der Waals surface area contributed by atoms with E-state index in [9.17, 15) is 18.0 Å². The zero-order valence-corrected chi connectivity index (χ0v) is 18.0. The fraction of sp³-hybridized carbons (Fsp3) is 0.292. The topological polar surface area (TPSA) is 67.3 Å². The average molecular weight is 456 g/mol. The van der Waals surface area contributed by atoms with Gasteiger partial charge in [-0.25, -0.2) is 0 Å². The van der Waals surface area contributed by atoms with E-state index in [0.29, 0.717) is 30.2 Å². The Labute approximate surface area is 189 Å². The lowest BCUT2D eigenvalue weighted by Gasteiger charge is -2.32. The summed E-state index contributed by atoms with van der Waals surface area (Å²) in [5, 5.41) is 11.3. The number of rotatable bonds is 5. The molecule has 1 unspecified atom stereocenters. The molecule has 0 saturated carbocycles. The molecule has 6 nitrogen and oxygen atoms in total. The van der Waals surface area contributed by atoms with E-state index < -0.39 is 11.7 Å². The molecule has 1 atom stereocenters. The summed E-state index contributed by atoms with van der Waals surface area (Å²) in [6.07, 6.45) is -3.05. The first-order chi connectivity index (χ1) is 15.8. The van der Waals surface area contributed by atoms with Gasteiger partial charge >= 0.3 is 6.18 Å². The van der Waals surface area contributed by atoms with Gasteiger partial charge in [0.15, 0.2) is 5.82 Å². The molecule has 1 amide bonds. The summed E-state index contributed by atoms with van der Waals surface area (Å²) in [5.41, 5.74) is 0.840. The zero-order valence-electron chi connectivity index (χ0n) is 18.0. The smallest absolute Gasteiger partial charge is 0.416 e. The van der Waals surface area contributed by atoms with Crippen LogP contribution in [0.2, 0.25) is 0 Å². The van der Waals surface area contributed by atoms with Crippen molar-refractivity contribution in [3.05, 3.63) is 66.2 Å². The Kier molecular flexibility index (Phi) is 6.48. The first kappa shape index (κ1) is 22.6. The van der Waals surface area contributed by atoms with Crippen LogP contribution in [0.25, 0.3) is 11.3 Å². The molecule has 0 spiro atoms. The van der Waals surface area contributed by atoms with E-state index >= 15 is 0 Å². The molecule has 1 saturated heterocycles. The van der Waals surface area contributed by atoms with Crippen LogP contribution in [0, 0.1) is 5.92 Å². The van der Waals surface area contributed by atoms with Crippen molar-refractivity contribution in [1.82, 2.24) is 10.2 Å². The van der Waals surface area contributed by atoms with E-state index in [0.717, 1.165) is 30.7 Å². The van der Waals surface area contributed by atoms with Crippen molar-refractivity contribution in [3.8, 4) is 17.0 Å². The first-order valence-electron chi connectivity index (χ1n) is 10.6. The molecule has 1 aliphatic heterocycles. The zero-order chi connectivity index (χ0) is 23.4. The quantitative estimate of drug-likeness (QED) is 0.584. The number of amides is 1. The predicted molar refractivity (Wildman–Crippen MR) is 119 cm³/mol. The minimum absolute atomic E-state index is 0.132. The van der Waals surface area contributed by atoms with Gasteiger partial charge < -0.3 is 15.0 Å². The van der Waals surface area contributed by atoms with E-state index in [2.05, 4.69) is 15.5 Å². The van der Waals surface area contributed by atoms with Crippen LogP contribution in [0.5, 0.6) is 5.75 Å². The second-order valence-electron chi connectivity index (χ2n) is 7.83. The van der Waals surface area contributed by atoms with Crippen molar-refractivity contribution in [3.63, 3.8) is 0 Å². The minimum atomic E-state index is -4.46. The van der Waals surface area contributed by atoms with E-state index in [1.165, 1.54) is 12.1 Å².